The number of nitrogens with one attached hydrogen (secondary N) is 2. The molecule has 2 aromatic carbocycles. The summed E-state index contributed by atoms with van der Waals surface area (Å²) >= 11 is 5.93. The second-order valence-corrected chi connectivity index (χ2v) is 7.99. The summed E-state index contributed by atoms with van der Waals surface area (Å²) in [6.45, 7) is 2.85. The van der Waals surface area contributed by atoms with Gasteiger partial charge in [-0.15, -0.1) is 0 Å². The second-order valence-electron chi connectivity index (χ2n) is 7.55. The van der Waals surface area contributed by atoms with Gasteiger partial charge in [-0.1, -0.05) is 35.9 Å². The highest BCUT2D eigenvalue weighted by molar-refractivity contribution is 6.30. The SMILES string of the molecule is O=C(CN1CCN(CC(=O)Nc2ccccc2C(F)(F)F)CC1)NCc1cccc(Cl)c1. The molecule has 32 heavy (non-hydrogen) atoms. The first-order valence-electron chi connectivity index (χ1n) is 10.1. The molecule has 1 aliphatic rings. The molecule has 0 aromatic heterocycles. The zero-order chi connectivity index (χ0) is 23.1. The lowest BCUT2D eigenvalue weighted by Crippen LogP contribution is -2.51. The Morgan fingerprint density at radius 3 is 2.16 bits per heavy atom. The van der Waals surface area contributed by atoms with Gasteiger partial charge in [-0.3, -0.25) is 19.4 Å². The average Bonchev–Trinajstić information content (AvgIpc) is 2.73. The number of carbonyl (C=O) groups is 2. The molecular formula is C22H24ClF3N4O2. The smallest absolute Gasteiger partial charge is 0.351 e. The van der Waals surface area contributed by atoms with Gasteiger partial charge in [-0.25, -0.2) is 0 Å². The maximum Gasteiger partial charge on any atom is 0.418 e. The molecule has 1 heterocycles. The van der Waals surface area contributed by atoms with Gasteiger partial charge in [-0.2, -0.15) is 13.2 Å². The van der Waals surface area contributed by atoms with Crippen molar-refractivity contribution < 1.29 is 22.8 Å². The Kier molecular flexibility index (Phi) is 8.11. The molecule has 0 saturated carbocycles. The highest BCUT2D eigenvalue weighted by Crippen LogP contribution is 2.34. The van der Waals surface area contributed by atoms with Crippen molar-refractivity contribution in [2.45, 2.75) is 12.7 Å². The zero-order valence-corrected chi connectivity index (χ0v) is 18.0. The molecule has 1 fully saturated rings. The van der Waals surface area contributed by atoms with Crippen LogP contribution in [0.25, 0.3) is 0 Å². The highest BCUT2D eigenvalue weighted by Gasteiger charge is 2.33. The summed E-state index contributed by atoms with van der Waals surface area (Å²) in [6.07, 6.45) is -4.54. The molecule has 1 aliphatic heterocycles. The monoisotopic (exact) mass is 468 g/mol. The lowest BCUT2D eigenvalue weighted by atomic mass is 10.1. The van der Waals surface area contributed by atoms with Crippen LogP contribution in [0.3, 0.4) is 0 Å². The summed E-state index contributed by atoms with van der Waals surface area (Å²) in [5.41, 5.74) is -0.212. The number of carbonyl (C=O) groups excluding carboxylic acids is 2. The number of halogens is 4. The maximum absolute atomic E-state index is 13.1. The fourth-order valence-electron chi connectivity index (χ4n) is 3.44. The lowest BCUT2D eigenvalue weighted by molar-refractivity contribution is -0.137. The summed E-state index contributed by atoms with van der Waals surface area (Å²) in [5, 5.41) is 5.82. The van der Waals surface area contributed by atoms with Gasteiger partial charge >= 0.3 is 6.18 Å². The van der Waals surface area contributed by atoms with Crippen molar-refractivity contribution in [2.24, 2.45) is 0 Å². The molecule has 0 atom stereocenters. The quantitative estimate of drug-likeness (QED) is 0.655. The van der Waals surface area contributed by atoms with E-state index in [0.717, 1.165) is 11.6 Å². The van der Waals surface area contributed by atoms with Gasteiger partial charge in [0.15, 0.2) is 0 Å². The number of hydrogen-bond donors (Lipinski definition) is 2. The van der Waals surface area contributed by atoms with Crippen LogP contribution in [-0.2, 0) is 22.3 Å². The van der Waals surface area contributed by atoms with Crippen LogP contribution in [0.2, 0.25) is 5.02 Å². The fraction of sp³-hybridized carbons (Fsp3) is 0.364. The first kappa shape index (κ1) is 24.0. The minimum atomic E-state index is -4.54. The third-order valence-corrected chi connectivity index (χ3v) is 5.32. The number of benzene rings is 2. The molecule has 172 valence electrons. The number of amides is 2. The zero-order valence-electron chi connectivity index (χ0n) is 17.3. The summed E-state index contributed by atoms with van der Waals surface area (Å²) in [6, 6.07) is 12.2. The summed E-state index contributed by atoms with van der Waals surface area (Å²) in [5.74, 6) is -0.616. The van der Waals surface area contributed by atoms with E-state index in [0.29, 0.717) is 37.7 Å². The van der Waals surface area contributed by atoms with E-state index in [1.807, 2.05) is 21.9 Å². The van der Waals surface area contributed by atoms with Crippen LogP contribution >= 0.6 is 11.6 Å². The van der Waals surface area contributed by atoms with Gasteiger partial charge in [0.25, 0.3) is 0 Å². The Bertz CT molecular complexity index is 947. The van der Waals surface area contributed by atoms with Crippen LogP contribution in [0, 0.1) is 0 Å². The molecular weight excluding hydrogens is 445 g/mol. The Morgan fingerprint density at radius 2 is 1.53 bits per heavy atom. The molecule has 6 nitrogen and oxygen atoms in total. The summed E-state index contributed by atoms with van der Waals surface area (Å²) in [4.78, 5) is 28.3. The van der Waals surface area contributed by atoms with E-state index in [9.17, 15) is 22.8 Å². The van der Waals surface area contributed by atoms with Gasteiger partial charge in [0.2, 0.25) is 11.8 Å². The number of para-hydroxylation sites is 1. The van der Waals surface area contributed by atoms with Crippen molar-refractivity contribution in [3.63, 3.8) is 0 Å². The number of rotatable bonds is 7. The first-order chi connectivity index (χ1) is 15.2. The number of piperazine rings is 1. The van der Waals surface area contributed by atoms with Crippen LogP contribution in [-0.4, -0.2) is 60.9 Å². The third kappa shape index (κ3) is 7.22. The molecule has 2 N–H and O–H groups in total. The molecule has 3 rings (SSSR count). The van der Waals surface area contributed by atoms with E-state index < -0.39 is 17.6 Å². The predicted molar refractivity (Wildman–Crippen MR) is 116 cm³/mol. The summed E-state index contributed by atoms with van der Waals surface area (Å²) in [7, 11) is 0. The van der Waals surface area contributed by atoms with E-state index in [1.54, 1.807) is 12.1 Å². The van der Waals surface area contributed by atoms with Crippen LogP contribution in [0.5, 0.6) is 0 Å². The molecule has 10 heteroatoms. The standard InChI is InChI=1S/C22H24ClF3N4O2/c23-17-5-3-4-16(12-17)13-27-20(31)14-29-8-10-30(11-9-29)15-21(32)28-19-7-2-1-6-18(19)22(24,25)26/h1-7,12H,8-11,13-15H2,(H,27,31)(H,28,32). The normalized spacial score (nSPS) is 15.4. The molecule has 0 aliphatic carbocycles. The molecule has 2 amide bonds. The number of anilines is 1. The molecule has 0 radical (unpaired) electrons. The lowest BCUT2D eigenvalue weighted by Gasteiger charge is -2.33. The van der Waals surface area contributed by atoms with Crippen LogP contribution in [0.1, 0.15) is 11.1 Å². The van der Waals surface area contributed by atoms with Crippen molar-refractivity contribution in [1.82, 2.24) is 15.1 Å². The molecule has 2 aromatic rings. The van der Waals surface area contributed by atoms with E-state index in [-0.39, 0.29) is 24.7 Å². The van der Waals surface area contributed by atoms with Crippen molar-refractivity contribution >= 4 is 29.1 Å². The van der Waals surface area contributed by atoms with Gasteiger partial charge in [-0.05, 0) is 29.8 Å². The topological polar surface area (TPSA) is 64.7 Å². The Hall–Kier alpha value is -2.62. The average molecular weight is 469 g/mol. The van der Waals surface area contributed by atoms with Crippen LogP contribution < -0.4 is 10.6 Å². The van der Waals surface area contributed by atoms with E-state index in [4.69, 9.17) is 11.6 Å². The van der Waals surface area contributed by atoms with Gasteiger partial charge in [0, 0.05) is 37.7 Å². The van der Waals surface area contributed by atoms with E-state index in [1.165, 1.54) is 18.2 Å². The van der Waals surface area contributed by atoms with Crippen molar-refractivity contribution in [1.29, 1.82) is 0 Å². The highest BCUT2D eigenvalue weighted by atomic mass is 35.5. The number of alkyl halides is 3. The van der Waals surface area contributed by atoms with Crippen molar-refractivity contribution in [3.8, 4) is 0 Å². The largest absolute Gasteiger partial charge is 0.418 e. The van der Waals surface area contributed by atoms with E-state index >= 15 is 0 Å². The summed E-state index contributed by atoms with van der Waals surface area (Å²) < 4.78 is 39.2. The van der Waals surface area contributed by atoms with Gasteiger partial charge in [0.1, 0.15) is 0 Å². The van der Waals surface area contributed by atoms with Crippen LogP contribution in [0.4, 0.5) is 18.9 Å². The molecule has 1 saturated heterocycles. The number of hydrogen-bond acceptors (Lipinski definition) is 4. The number of nitrogens with zero attached hydrogens (tertiary/aromatic N) is 2. The second kappa shape index (κ2) is 10.8. The minimum absolute atomic E-state index is 0.0129. The molecule has 0 bridgehead atoms. The van der Waals surface area contributed by atoms with Crippen molar-refractivity contribution in [3.05, 3.63) is 64.7 Å². The Morgan fingerprint density at radius 1 is 0.906 bits per heavy atom. The fourth-order valence-corrected chi connectivity index (χ4v) is 3.66. The predicted octanol–water partition coefficient (Wildman–Crippen LogP) is 3.23. The van der Waals surface area contributed by atoms with Gasteiger partial charge < -0.3 is 10.6 Å². The Labute approximate surface area is 189 Å². The van der Waals surface area contributed by atoms with Gasteiger partial charge in [0.05, 0.1) is 24.3 Å². The first-order valence-corrected chi connectivity index (χ1v) is 10.5. The maximum atomic E-state index is 13.1. The molecule has 0 unspecified atom stereocenters. The Balaban J connectivity index is 1.40. The van der Waals surface area contributed by atoms with Crippen molar-refractivity contribution in [2.75, 3.05) is 44.6 Å². The van der Waals surface area contributed by atoms with E-state index in [2.05, 4.69) is 10.6 Å². The minimum Gasteiger partial charge on any atom is -0.351 e. The molecule has 0 spiro atoms. The van der Waals surface area contributed by atoms with Crippen LogP contribution in [0.15, 0.2) is 48.5 Å². The third-order valence-electron chi connectivity index (χ3n) is 5.08.